The van der Waals surface area contributed by atoms with Crippen LogP contribution >= 0.6 is 0 Å². The van der Waals surface area contributed by atoms with Crippen molar-refractivity contribution in [3.8, 4) is 0 Å². The smallest absolute Gasteiger partial charge is 0.191 e. The van der Waals surface area contributed by atoms with Crippen LogP contribution in [0, 0.1) is 5.92 Å². The van der Waals surface area contributed by atoms with Gasteiger partial charge in [-0.1, -0.05) is 26.0 Å². The van der Waals surface area contributed by atoms with Crippen molar-refractivity contribution in [3.05, 3.63) is 30.1 Å². The van der Waals surface area contributed by atoms with E-state index in [2.05, 4.69) is 52.0 Å². The van der Waals surface area contributed by atoms with Gasteiger partial charge in [-0.05, 0) is 37.8 Å². The molecule has 1 aromatic carbocycles. The monoisotopic (exact) mass is 315 g/mol. The molecule has 0 aliphatic rings. The van der Waals surface area contributed by atoms with Gasteiger partial charge in [0.1, 0.15) is 5.82 Å². The number of benzene rings is 1. The van der Waals surface area contributed by atoms with Gasteiger partial charge in [0, 0.05) is 20.1 Å². The van der Waals surface area contributed by atoms with Crippen molar-refractivity contribution >= 4 is 17.0 Å². The highest BCUT2D eigenvalue weighted by Crippen LogP contribution is 2.13. The molecule has 0 aliphatic carbocycles. The van der Waals surface area contributed by atoms with Gasteiger partial charge in [0.25, 0.3) is 0 Å². The third kappa shape index (κ3) is 4.71. The second-order valence-electron chi connectivity index (χ2n) is 6.52. The summed E-state index contributed by atoms with van der Waals surface area (Å²) in [5, 5.41) is 6.81. The molecule has 0 radical (unpaired) electrons. The predicted molar refractivity (Wildman–Crippen MR) is 97.6 cm³/mol. The van der Waals surface area contributed by atoms with E-state index in [1.807, 2.05) is 25.2 Å². The van der Waals surface area contributed by atoms with Gasteiger partial charge in [-0.2, -0.15) is 0 Å². The molecule has 2 N–H and O–H groups in total. The highest BCUT2D eigenvalue weighted by Gasteiger charge is 2.09. The summed E-state index contributed by atoms with van der Waals surface area (Å²) in [4.78, 5) is 8.99. The van der Waals surface area contributed by atoms with Crippen LogP contribution in [0.4, 0.5) is 0 Å². The van der Waals surface area contributed by atoms with E-state index in [0.29, 0.717) is 12.6 Å². The molecule has 5 nitrogen and oxygen atoms in total. The standard InChI is InChI=1S/C18H29N5/c1-13(2)10-11-14(3)21-18(19-4)20-12-17-22-15-8-6-7-9-16(15)23(17)5/h6-9,13-14H,10-12H2,1-5H3,(H2,19,20,21). The van der Waals surface area contributed by atoms with E-state index in [9.17, 15) is 0 Å². The Morgan fingerprint density at radius 3 is 2.61 bits per heavy atom. The van der Waals surface area contributed by atoms with Gasteiger partial charge in [-0.15, -0.1) is 0 Å². The SMILES string of the molecule is CN=C(NCc1nc2ccccc2n1C)NC(C)CCC(C)C. The van der Waals surface area contributed by atoms with E-state index in [-0.39, 0.29) is 0 Å². The van der Waals surface area contributed by atoms with E-state index < -0.39 is 0 Å². The van der Waals surface area contributed by atoms with Crippen LogP contribution in [0.3, 0.4) is 0 Å². The number of aryl methyl sites for hydroxylation is 1. The molecule has 0 spiro atoms. The van der Waals surface area contributed by atoms with Gasteiger partial charge in [0.05, 0.1) is 17.6 Å². The fourth-order valence-electron chi connectivity index (χ4n) is 2.60. The second kappa shape index (κ2) is 7.99. The number of hydrogen-bond donors (Lipinski definition) is 2. The first kappa shape index (κ1) is 17.3. The third-order valence-electron chi connectivity index (χ3n) is 4.08. The number of aromatic nitrogens is 2. The molecule has 0 amide bonds. The number of aliphatic imine (C=N–C) groups is 1. The van der Waals surface area contributed by atoms with Gasteiger partial charge >= 0.3 is 0 Å². The van der Waals surface area contributed by atoms with Crippen LogP contribution in [0.5, 0.6) is 0 Å². The predicted octanol–water partition coefficient (Wildman–Crippen LogP) is 3.06. The molecule has 1 aromatic heterocycles. The van der Waals surface area contributed by atoms with Crippen molar-refractivity contribution in [1.82, 2.24) is 20.2 Å². The van der Waals surface area contributed by atoms with E-state index in [1.54, 1.807) is 7.05 Å². The lowest BCUT2D eigenvalue weighted by Gasteiger charge is -2.18. The molecule has 1 unspecified atom stereocenters. The van der Waals surface area contributed by atoms with Gasteiger partial charge in [0.2, 0.25) is 0 Å². The van der Waals surface area contributed by atoms with Gasteiger partial charge < -0.3 is 15.2 Å². The number of hydrogen-bond acceptors (Lipinski definition) is 2. The van der Waals surface area contributed by atoms with Crippen molar-refractivity contribution in [2.24, 2.45) is 18.0 Å². The largest absolute Gasteiger partial charge is 0.354 e. The number of guanidine groups is 1. The number of para-hydroxylation sites is 2. The van der Waals surface area contributed by atoms with E-state index in [4.69, 9.17) is 0 Å². The van der Waals surface area contributed by atoms with Crippen LogP contribution in [-0.4, -0.2) is 28.6 Å². The Morgan fingerprint density at radius 1 is 1.22 bits per heavy atom. The summed E-state index contributed by atoms with van der Waals surface area (Å²) >= 11 is 0. The summed E-state index contributed by atoms with van der Waals surface area (Å²) in [6.45, 7) is 7.36. The summed E-state index contributed by atoms with van der Waals surface area (Å²) < 4.78 is 2.12. The van der Waals surface area contributed by atoms with Crippen molar-refractivity contribution in [3.63, 3.8) is 0 Å². The molecular formula is C18H29N5. The van der Waals surface area contributed by atoms with Gasteiger partial charge in [-0.25, -0.2) is 4.98 Å². The maximum Gasteiger partial charge on any atom is 0.191 e. The molecule has 1 atom stereocenters. The summed E-state index contributed by atoms with van der Waals surface area (Å²) in [6, 6.07) is 8.60. The average molecular weight is 315 g/mol. The molecule has 0 fully saturated rings. The normalized spacial score (nSPS) is 13.6. The minimum atomic E-state index is 0.407. The quantitative estimate of drug-likeness (QED) is 0.636. The van der Waals surface area contributed by atoms with Crippen LogP contribution in [0.15, 0.2) is 29.3 Å². The van der Waals surface area contributed by atoms with E-state index in [1.165, 1.54) is 6.42 Å². The number of nitrogens with one attached hydrogen (secondary N) is 2. The lowest BCUT2D eigenvalue weighted by Crippen LogP contribution is -2.42. The molecule has 0 saturated heterocycles. The minimum Gasteiger partial charge on any atom is -0.354 e. The summed E-state index contributed by atoms with van der Waals surface area (Å²) in [5.41, 5.74) is 2.18. The highest BCUT2D eigenvalue weighted by atomic mass is 15.2. The Labute approximate surface area is 139 Å². The Hall–Kier alpha value is -2.04. The summed E-state index contributed by atoms with van der Waals surface area (Å²) in [5.74, 6) is 2.56. The van der Waals surface area contributed by atoms with Gasteiger partial charge in [-0.3, -0.25) is 4.99 Å². The number of imidazole rings is 1. The van der Waals surface area contributed by atoms with Crippen molar-refractivity contribution in [1.29, 1.82) is 0 Å². The van der Waals surface area contributed by atoms with Gasteiger partial charge in [0.15, 0.2) is 5.96 Å². The molecule has 2 rings (SSSR count). The number of nitrogens with zero attached hydrogens (tertiary/aromatic N) is 3. The minimum absolute atomic E-state index is 0.407. The topological polar surface area (TPSA) is 54.2 Å². The number of rotatable bonds is 6. The van der Waals surface area contributed by atoms with Crippen molar-refractivity contribution in [2.45, 2.75) is 46.2 Å². The molecule has 23 heavy (non-hydrogen) atoms. The molecule has 0 aliphatic heterocycles. The van der Waals surface area contributed by atoms with Crippen LogP contribution in [0.1, 0.15) is 39.4 Å². The molecule has 126 valence electrons. The molecule has 5 heteroatoms. The lowest BCUT2D eigenvalue weighted by atomic mass is 10.0. The van der Waals surface area contributed by atoms with E-state index in [0.717, 1.165) is 35.2 Å². The molecule has 2 aromatic rings. The Kier molecular flexibility index (Phi) is 6.02. The zero-order chi connectivity index (χ0) is 16.8. The van der Waals surface area contributed by atoms with Crippen LogP contribution in [0.25, 0.3) is 11.0 Å². The highest BCUT2D eigenvalue weighted by molar-refractivity contribution is 5.80. The summed E-state index contributed by atoms with van der Waals surface area (Å²) in [6.07, 6.45) is 2.36. The first-order chi connectivity index (χ1) is 11.0. The molecule has 1 heterocycles. The molecule has 0 saturated carbocycles. The lowest BCUT2D eigenvalue weighted by molar-refractivity contribution is 0.488. The zero-order valence-corrected chi connectivity index (χ0v) is 14.9. The first-order valence-electron chi connectivity index (χ1n) is 8.38. The van der Waals surface area contributed by atoms with Crippen LogP contribution < -0.4 is 10.6 Å². The number of fused-ring (bicyclic) bond motifs is 1. The average Bonchev–Trinajstić information content (AvgIpc) is 2.86. The molecule has 0 bridgehead atoms. The molecular weight excluding hydrogens is 286 g/mol. The summed E-state index contributed by atoms with van der Waals surface area (Å²) in [7, 11) is 3.85. The van der Waals surface area contributed by atoms with Crippen molar-refractivity contribution in [2.75, 3.05) is 7.05 Å². The Bertz CT molecular complexity index is 656. The Balaban J connectivity index is 1.93. The maximum absolute atomic E-state index is 4.67. The Morgan fingerprint density at radius 2 is 1.96 bits per heavy atom. The zero-order valence-electron chi connectivity index (χ0n) is 14.9. The third-order valence-corrected chi connectivity index (χ3v) is 4.08. The van der Waals surface area contributed by atoms with E-state index >= 15 is 0 Å². The maximum atomic E-state index is 4.67. The fourth-order valence-corrected chi connectivity index (χ4v) is 2.60. The van der Waals surface area contributed by atoms with Crippen LogP contribution in [-0.2, 0) is 13.6 Å². The van der Waals surface area contributed by atoms with Crippen LogP contribution in [0.2, 0.25) is 0 Å². The fraction of sp³-hybridized carbons (Fsp3) is 0.556. The second-order valence-corrected chi connectivity index (χ2v) is 6.52. The first-order valence-corrected chi connectivity index (χ1v) is 8.38. The van der Waals surface area contributed by atoms with Crippen molar-refractivity contribution < 1.29 is 0 Å².